The van der Waals surface area contributed by atoms with Gasteiger partial charge in [0.15, 0.2) is 5.11 Å². The molecule has 3 rings (SSSR count). The van der Waals surface area contributed by atoms with E-state index in [1.807, 2.05) is 32.0 Å². The minimum atomic E-state index is -0.443. The van der Waals surface area contributed by atoms with Gasteiger partial charge in [-0.15, -0.1) is 0 Å². The number of anilines is 2. The van der Waals surface area contributed by atoms with E-state index in [0.29, 0.717) is 34.0 Å². The number of thiocarbonyl (C=S) groups is 1. The summed E-state index contributed by atoms with van der Waals surface area (Å²) < 4.78 is 10.4. The van der Waals surface area contributed by atoms with Crippen LogP contribution in [0.15, 0.2) is 60.7 Å². The maximum atomic E-state index is 12.9. The highest BCUT2D eigenvalue weighted by atomic mass is 32.1. The van der Waals surface area contributed by atoms with Crippen molar-refractivity contribution in [3.05, 3.63) is 82.9 Å². The molecule has 0 spiro atoms. The molecule has 170 valence electrons. The zero-order chi connectivity index (χ0) is 24.0. The number of hydrogen-bond acceptors (Lipinski definition) is 5. The van der Waals surface area contributed by atoms with Crippen LogP contribution >= 0.6 is 12.2 Å². The Morgan fingerprint density at radius 3 is 2.00 bits per heavy atom. The van der Waals surface area contributed by atoms with Crippen molar-refractivity contribution in [1.29, 1.82) is 0 Å². The van der Waals surface area contributed by atoms with Gasteiger partial charge in [-0.05, 0) is 73.6 Å². The van der Waals surface area contributed by atoms with Crippen LogP contribution in [-0.4, -0.2) is 31.1 Å². The Kier molecular flexibility index (Phi) is 7.63. The Bertz CT molecular complexity index is 1170. The first-order chi connectivity index (χ1) is 15.8. The van der Waals surface area contributed by atoms with Gasteiger partial charge >= 0.3 is 0 Å². The maximum Gasteiger partial charge on any atom is 0.257 e. The molecule has 0 radical (unpaired) electrons. The Hall–Kier alpha value is -3.91. The lowest BCUT2D eigenvalue weighted by Crippen LogP contribution is -2.34. The van der Waals surface area contributed by atoms with E-state index < -0.39 is 5.91 Å². The summed E-state index contributed by atoms with van der Waals surface area (Å²) in [6, 6.07) is 17.6. The second kappa shape index (κ2) is 10.6. The molecule has 3 N–H and O–H groups in total. The molecule has 8 heteroatoms. The van der Waals surface area contributed by atoms with Crippen LogP contribution in [0.1, 0.15) is 31.8 Å². The van der Waals surface area contributed by atoms with Crippen molar-refractivity contribution in [1.82, 2.24) is 5.32 Å². The first-order valence-corrected chi connectivity index (χ1v) is 10.5. The lowest BCUT2D eigenvalue weighted by Gasteiger charge is -2.14. The molecule has 0 atom stereocenters. The number of ether oxygens (including phenoxy) is 2. The summed E-state index contributed by atoms with van der Waals surface area (Å²) in [5.74, 6) is 0.218. The van der Waals surface area contributed by atoms with Gasteiger partial charge in [0.1, 0.15) is 11.5 Å². The number of carbonyl (C=O) groups excluding carboxylic acids is 2. The van der Waals surface area contributed by atoms with Crippen molar-refractivity contribution in [3.63, 3.8) is 0 Å². The van der Waals surface area contributed by atoms with Crippen molar-refractivity contribution in [2.45, 2.75) is 13.8 Å². The topological polar surface area (TPSA) is 88.7 Å². The third-order valence-electron chi connectivity index (χ3n) is 4.74. The molecule has 0 bridgehead atoms. The zero-order valence-electron chi connectivity index (χ0n) is 18.8. The number of carbonyl (C=O) groups is 2. The Morgan fingerprint density at radius 1 is 0.788 bits per heavy atom. The van der Waals surface area contributed by atoms with Gasteiger partial charge in [0.05, 0.1) is 25.5 Å². The van der Waals surface area contributed by atoms with Gasteiger partial charge in [-0.3, -0.25) is 14.9 Å². The fourth-order valence-electron chi connectivity index (χ4n) is 3.30. The predicted octanol–water partition coefficient (Wildman–Crippen LogP) is 4.70. The van der Waals surface area contributed by atoms with Crippen LogP contribution in [0.2, 0.25) is 0 Å². The fourth-order valence-corrected chi connectivity index (χ4v) is 3.51. The molecule has 7 nitrogen and oxygen atoms in total. The Balaban J connectivity index is 1.73. The Labute approximate surface area is 198 Å². The van der Waals surface area contributed by atoms with E-state index in [1.54, 1.807) is 42.5 Å². The van der Waals surface area contributed by atoms with E-state index in [2.05, 4.69) is 16.0 Å². The Morgan fingerprint density at radius 2 is 1.39 bits per heavy atom. The van der Waals surface area contributed by atoms with Gasteiger partial charge in [-0.25, -0.2) is 0 Å². The first kappa shape index (κ1) is 23.7. The number of para-hydroxylation sites is 1. The smallest absolute Gasteiger partial charge is 0.257 e. The molecule has 3 aromatic rings. The average Bonchev–Trinajstić information content (AvgIpc) is 2.78. The molecule has 3 aromatic carbocycles. The van der Waals surface area contributed by atoms with Gasteiger partial charge in [0.2, 0.25) is 0 Å². The van der Waals surface area contributed by atoms with Gasteiger partial charge in [-0.1, -0.05) is 18.2 Å². The van der Waals surface area contributed by atoms with Crippen LogP contribution in [0, 0.1) is 13.8 Å². The van der Waals surface area contributed by atoms with E-state index in [4.69, 9.17) is 21.7 Å². The van der Waals surface area contributed by atoms with Crippen LogP contribution in [0.3, 0.4) is 0 Å². The number of rotatable bonds is 6. The lowest BCUT2D eigenvalue weighted by molar-refractivity contribution is 0.0976. The van der Waals surface area contributed by atoms with Crippen molar-refractivity contribution in [3.8, 4) is 11.5 Å². The third-order valence-corrected chi connectivity index (χ3v) is 4.94. The summed E-state index contributed by atoms with van der Waals surface area (Å²) in [4.78, 5) is 25.6. The van der Waals surface area contributed by atoms with Crippen LogP contribution in [0.5, 0.6) is 11.5 Å². The molecule has 0 saturated heterocycles. The first-order valence-electron chi connectivity index (χ1n) is 10.1. The molecular weight excluding hydrogens is 438 g/mol. The van der Waals surface area contributed by atoms with Gasteiger partial charge < -0.3 is 20.1 Å². The monoisotopic (exact) mass is 463 g/mol. The van der Waals surface area contributed by atoms with Crippen LogP contribution < -0.4 is 25.4 Å². The number of benzene rings is 3. The van der Waals surface area contributed by atoms with Crippen molar-refractivity contribution >= 4 is 40.5 Å². The summed E-state index contributed by atoms with van der Waals surface area (Å²) in [6.07, 6.45) is 0. The number of hydrogen-bond donors (Lipinski definition) is 3. The van der Waals surface area contributed by atoms with Crippen molar-refractivity contribution in [2.24, 2.45) is 0 Å². The molecule has 0 aromatic heterocycles. The van der Waals surface area contributed by atoms with Gasteiger partial charge in [-0.2, -0.15) is 0 Å². The summed E-state index contributed by atoms with van der Waals surface area (Å²) in [6.45, 7) is 3.94. The second-order valence-electron chi connectivity index (χ2n) is 7.39. The fraction of sp³-hybridized carbons (Fsp3) is 0.160. The summed E-state index contributed by atoms with van der Waals surface area (Å²) in [5.41, 5.74) is 3.97. The molecule has 0 aliphatic carbocycles. The number of methoxy groups -OCH3 is 2. The summed E-state index contributed by atoms with van der Waals surface area (Å²) in [5, 5.41) is 8.51. The van der Waals surface area contributed by atoms with Crippen molar-refractivity contribution in [2.75, 3.05) is 24.9 Å². The standard InChI is InChI=1S/C25H25N3O4S/c1-15-9-16(2)11-18(10-15)26-24(30)21-7-5-6-8-22(21)27-25(33)28-23(29)17-12-19(31-3)14-20(13-17)32-4/h5-14H,1-4H3,(H,26,30)(H2,27,28,29,33). The van der Waals surface area contributed by atoms with E-state index in [0.717, 1.165) is 11.1 Å². The molecule has 0 aliphatic rings. The molecule has 0 aliphatic heterocycles. The minimum Gasteiger partial charge on any atom is -0.497 e. The molecule has 0 unspecified atom stereocenters. The maximum absolute atomic E-state index is 12.9. The van der Waals surface area contributed by atoms with Crippen LogP contribution in [0.4, 0.5) is 11.4 Å². The average molecular weight is 464 g/mol. The SMILES string of the molecule is COc1cc(OC)cc(C(=O)NC(=S)Nc2ccccc2C(=O)Nc2cc(C)cc(C)c2)c1. The highest BCUT2D eigenvalue weighted by molar-refractivity contribution is 7.80. The van der Waals surface area contributed by atoms with E-state index >= 15 is 0 Å². The van der Waals surface area contributed by atoms with Gasteiger partial charge in [0.25, 0.3) is 11.8 Å². The largest absolute Gasteiger partial charge is 0.497 e. The molecule has 0 saturated carbocycles. The molecule has 33 heavy (non-hydrogen) atoms. The summed E-state index contributed by atoms with van der Waals surface area (Å²) in [7, 11) is 3.01. The van der Waals surface area contributed by atoms with Crippen molar-refractivity contribution < 1.29 is 19.1 Å². The molecule has 0 fully saturated rings. The van der Waals surface area contributed by atoms with Crippen LogP contribution in [-0.2, 0) is 0 Å². The van der Waals surface area contributed by atoms with E-state index in [1.165, 1.54) is 14.2 Å². The quantitative estimate of drug-likeness (QED) is 0.459. The normalized spacial score (nSPS) is 10.2. The highest BCUT2D eigenvalue weighted by Crippen LogP contribution is 2.23. The van der Waals surface area contributed by atoms with Crippen LogP contribution in [0.25, 0.3) is 0 Å². The predicted molar refractivity (Wildman–Crippen MR) is 134 cm³/mol. The van der Waals surface area contributed by atoms with E-state index in [9.17, 15) is 9.59 Å². The number of amides is 2. The molecule has 2 amide bonds. The second-order valence-corrected chi connectivity index (χ2v) is 7.79. The minimum absolute atomic E-state index is 0.0495. The molecule has 0 heterocycles. The third kappa shape index (κ3) is 6.30. The lowest BCUT2D eigenvalue weighted by atomic mass is 10.1. The summed E-state index contributed by atoms with van der Waals surface area (Å²) >= 11 is 5.31. The highest BCUT2D eigenvalue weighted by Gasteiger charge is 2.15. The van der Waals surface area contributed by atoms with E-state index in [-0.39, 0.29) is 11.0 Å². The van der Waals surface area contributed by atoms with Gasteiger partial charge in [0, 0.05) is 17.3 Å². The molecular formula is C25H25N3O4S. The zero-order valence-corrected chi connectivity index (χ0v) is 19.6. The number of nitrogens with one attached hydrogen (secondary N) is 3. The number of aryl methyl sites for hydroxylation is 2.